The van der Waals surface area contributed by atoms with Gasteiger partial charge in [0.05, 0.1) is 15.1 Å². The Morgan fingerprint density at radius 3 is 2.35 bits per heavy atom. The Morgan fingerprint density at radius 2 is 1.71 bits per heavy atom. The number of amides is 4. The standard InChI is InChI=1S/C24H16BrN3O6/c25-20-13-16(6-11-21(20)34-14-15-4-2-1-3-5-15)12-19-22(29)26-24(31)27(23(19)30)17-7-9-18(10-8-17)28(32)33/h1-13H,14H2,(H,26,29,31)/b19-12+. The second-order valence-corrected chi connectivity index (χ2v) is 8.05. The van der Waals surface area contributed by atoms with Crippen molar-refractivity contribution in [1.82, 2.24) is 5.32 Å². The van der Waals surface area contributed by atoms with Crippen LogP contribution >= 0.6 is 15.9 Å². The number of hydrogen-bond donors (Lipinski definition) is 1. The van der Waals surface area contributed by atoms with Crippen molar-refractivity contribution in [1.29, 1.82) is 0 Å². The summed E-state index contributed by atoms with van der Waals surface area (Å²) in [5, 5.41) is 13.0. The number of benzene rings is 3. The van der Waals surface area contributed by atoms with Gasteiger partial charge in [0.2, 0.25) is 0 Å². The van der Waals surface area contributed by atoms with E-state index in [1.807, 2.05) is 30.3 Å². The van der Waals surface area contributed by atoms with Crippen molar-refractivity contribution in [2.24, 2.45) is 0 Å². The first-order chi connectivity index (χ1) is 16.3. The second kappa shape index (κ2) is 9.67. The lowest BCUT2D eigenvalue weighted by molar-refractivity contribution is -0.384. The van der Waals surface area contributed by atoms with Gasteiger partial charge in [0.25, 0.3) is 17.5 Å². The number of carbonyl (C=O) groups excluding carboxylic acids is 3. The van der Waals surface area contributed by atoms with Gasteiger partial charge < -0.3 is 4.74 Å². The van der Waals surface area contributed by atoms with Gasteiger partial charge in [-0.1, -0.05) is 36.4 Å². The van der Waals surface area contributed by atoms with Crippen LogP contribution in [0.2, 0.25) is 0 Å². The molecule has 1 aliphatic heterocycles. The molecule has 4 rings (SSSR count). The van der Waals surface area contributed by atoms with Crippen molar-refractivity contribution in [2.75, 3.05) is 4.90 Å². The molecule has 4 amide bonds. The van der Waals surface area contributed by atoms with Crippen LogP contribution in [0.15, 0.2) is 82.8 Å². The molecule has 0 aliphatic carbocycles. The Bertz CT molecular complexity index is 1320. The summed E-state index contributed by atoms with van der Waals surface area (Å²) in [7, 11) is 0. The number of urea groups is 1. The molecular weight excluding hydrogens is 506 g/mol. The van der Waals surface area contributed by atoms with E-state index in [0.717, 1.165) is 10.5 Å². The number of carbonyl (C=O) groups is 3. The number of hydrogen-bond acceptors (Lipinski definition) is 6. The van der Waals surface area contributed by atoms with E-state index in [0.29, 0.717) is 22.4 Å². The summed E-state index contributed by atoms with van der Waals surface area (Å²) in [5.41, 5.74) is 1.16. The topological polar surface area (TPSA) is 119 Å². The van der Waals surface area contributed by atoms with Crippen LogP contribution in [-0.4, -0.2) is 22.8 Å². The fourth-order valence-electron chi connectivity index (χ4n) is 3.24. The van der Waals surface area contributed by atoms with E-state index in [-0.39, 0.29) is 16.9 Å². The third-order valence-electron chi connectivity index (χ3n) is 4.92. The molecule has 1 heterocycles. The van der Waals surface area contributed by atoms with Crippen LogP contribution in [0.5, 0.6) is 5.75 Å². The molecule has 3 aromatic carbocycles. The summed E-state index contributed by atoms with van der Waals surface area (Å²) < 4.78 is 6.43. The van der Waals surface area contributed by atoms with E-state index in [9.17, 15) is 24.5 Å². The molecule has 0 saturated carbocycles. The van der Waals surface area contributed by atoms with Crippen LogP contribution in [-0.2, 0) is 16.2 Å². The van der Waals surface area contributed by atoms with Crippen molar-refractivity contribution < 1.29 is 24.0 Å². The molecule has 0 unspecified atom stereocenters. The van der Waals surface area contributed by atoms with Gasteiger partial charge in [-0.05, 0) is 57.4 Å². The number of rotatable bonds is 6. The van der Waals surface area contributed by atoms with Crippen LogP contribution in [0.1, 0.15) is 11.1 Å². The molecule has 0 aromatic heterocycles. The molecule has 1 N–H and O–H groups in total. The average Bonchev–Trinajstić information content (AvgIpc) is 2.82. The Balaban J connectivity index is 1.56. The van der Waals surface area contributed by atoms with Crippen LogP contribution < -0.4 is 15.0 Å². The van der Waals surface area contributed by atoms with Crippen molar-refractivity contribution in [3.8, 4) is 5.75 Å². The minimum Gasteiger partial charge on any atom is -0.488 e. The predicted octanol–water partition coefficient (Wildman–Crippen LogP) is 4.60. The van der Waals surface area contributed by atoms with Crippen LogP contribution in [0.25, 0.3) is 6.08 Å². The number of nitro benzene ring substituents is 1. The molecule has 170 valence electrons. The summed E-state index contributed by atoms with van der Waals surface area (Å²) >= 11 is 3.43. The maximum atomic E-state index is 13.0. The number of anilines is 1. The summed E-state index contributed by atoms with van der Waals surface area (Å²) in [6.07, 6.45) is 1.36. The molecular formula is C24H16BrN3O6. The van der Waals surface area contributed by atoms with Gasteiger partial charge >= 0.3 is 6.03 Å². The number of imide groups is 2. The quantitative estimate of drug-likeness (QED) is 0.219. The SMILES string of the molecule is O=C1NC(=O)N(c2ccc([N+](=O)[O-])cc2)C(=O)/C1=C/c1ccc(OCc2ccccc2)c(Br)c1. The summed E-state index contributed by atoms with van der Waals surface area (Å²) in [4.78, 5) is 48.7. The van der Waals surface area contributed by atoms with Crippen LogP contribution in [0.4, 0.5) is 16.2 Å². The first kappa shape index (κ1) is 22.9. The molecule has 34 heavy (non-hydrogen) atoms. The Hall–Kier alpha value is -4.31. The average molecular weight is 522 g/mol. The van der Waals surface area contributed by atoms with Gasteiger partial charge in [0, 0.05) is 12.1 Å². The lowest BCUT2D eigenvalue weighted by Gasteiger charge is -2.26. The first-order valence-corrected chi connectivity index (χ1v) is 10.7. The molecule has 3 aromatic rings. The third kappa shape index (κ3) is 4.86. The lowest BCUT2D eigenvalue weighted by atomic mass is 10.1. The molecule has 1 saturated heterocycles. The fraction of sp³-hybridized carbons (Fsp3) is 0.0417. The highest BCUT2D eigenvalue weighted by molar-refractivity contribution is 9.10. The van der Waals surface area contributed by atoms with Crippen molar-refractivity contribution in [3.05, 3.63) is 104 Å². The Kier molecular flexibility index (Phi) is 6.51. The molecule has 10 heteroatoms. The van der Waals surface area contributed by atoms with E-state index in [1.54, 1.807) is 18.2 Å². The molecule has 0 spiro atoms. The van der Waals surface area contributed by atoms with E-state index >= 15 is 0 Å². The molecule has 1 fully saturated rings. The molecule has 0 radical (unpaired) electrons. The number of non-ortho nitro benzene ring substituents is 1. The highest BCUT2D eigenvalue weighted by Gasteiger charge is 2.37. The minimum absolute atomic E-state index is 0.0948. The number of nitrogens with zero attached hydrogens (tertiary/aromatic N) is 2. The van der Waals surface area contributed by atoms with E-state index < -0.39 is 22.8 Å². The normalized spacial score (nSPS) is 14.8. The van der Waals surface area contributed by atoms with Crippen molar-refractivity contribution in [3.63, 3.8) is 0 Å². The number of barbiturate groups is 1. The van der Waals surface area contributed by atoms with Gasteiger partial charge in [0.15, 0.2) is 0 Å². The number of nitro groups is 1. The molecule has 1 aliphatic rings. The largest absolute Gasteiger partial charge is 0.488 e. The first-order valence-electron chi connectivity index (χ1n) is 9.95. The monoisotopic (exact) mass is 521 g/mol. The van der Waals surface area contributed by atoms with Gasteiger partial charge in [-0.25, -0.2) is 9.69 Å². The van der Waals surface area contributed by atoms with Crippen LogP contribution in [0, 0.1) is 10.1 Å². The Morgan fingerprint density at radius 1 is 1.00 bits per heavy atom. The maximum absolute atomic E-state index is 13.0. The van der Waals surface area contributed by atoms with E-state index in [2.05, 4.69) is 21.2 Å². The van der Waals surface area contributed by atoms with Crippen molar-refractivity contribution >= 4 is 51.2 Å². The highest BCUT2D eigenvalue weighted by atomic mass is 79.9. The zero-order valence-corrected chi connectivity index (χ0v) is 19.0. The van der Waals surface area contributed by atoms with Gasteiger partial charge in [-0.3, -0.25) is 25.0 Å². The van der Waals surface area contributed by atoms with Gasteiger partial charge in [0.1, 0.15) is 17.9 Å². The summed E-state index contributed by atoms with van der Waals surface area (Å²) in [6.45, 7) is 0.368. The highest BCUT2D eigenvalue weighted by Crippen LogP contribution is 2.29. The number of nitrogens with one attached hydrogen (secondary N) is 1. The Labute approximate surface area is 201 Å². The number of ether oxygens (including phenoxy) is 1. The lowest BCUT2D eigenvalue weighted by Crippen LogP contribution is -2.54. The van der Waals surface area contributed by atoms with Gasteiger partial charge in [-0.2, -0.15) is 0 Å². The van der Waals surface area contributed by atoms with E-state index in [4.69, 9.17) is 4.74 Å². The fourth-order valence-corrected chi connectivity index (χ4v) is 3.75. The second-order valence-electron chi connectivity index (χ2n) is 7.20. The van der Waals surface area contributed by atoms with Crippen LogP contribution in [0.3, 0.4) is 0 Å². The number of halogens is 1. The molecule has 0 atom stereocenters. The minimum atomic E-state index is -0.938. The van der Waals surface area contributed by atoms with Crippen molar-refractivity contribution in [2.45, 2.75) is 6.61 Å². The zero-order chi connectivity index (χ0) is 24.2. The predicted molar refractivity (Wildman–Crippen MR) is 127 cm³/mol. The summed E-state index contributed by atoms with van der Waals surface area (Å²) in [5.74, 6) is -1.11. The maximum Gasteiger partial charge on any atom is 0.335 e. The van der Waals surface area contributed by atoms with Gasteiger partial charge in [-0.15, -0.1) is 0 Å². The molecule has 0 bridgehead atoms. The van der Waals surface area contributed by atoms with E-state index in [1.165, 1.54) is 30.3 Å². The smallest absolute Gasteiger partial charge is 0.335 e. The zero-order valence-electron chi connectivity index (χ0n) is 17.4. The summed E-state index contributed by atoms with van der Waals surface area (Å²) in [6, 6.07) is 18.6. The molecule has 9 nitrogen and oxygen atoms in total. The third-order valence-corrected chi connectivity index (χ3v) is 5.54.